The zero-order valence-electron chi connectivity index (χ0n) is 11.6. The molecular weight excluding hydrogens is 218 g/mol. The van der Waals surface area contributed by atoms with Gasteiger partial charge in [0, 0.05) is 13.7 Å². The highest BCUT2D eigenvalue weighted by Gasteiger charge is 2.27. The zero-order valence-corrected chi connectivity index (χ0v) is 11.6. The van der Waals surface area contributed by atoms with Crippen molar-refractivity contribution < 1.29 is 9.53 Å². The Hall–Kier alpha value is -0.650. The molecule has 5 nitrogen and oxygen atoms in total. The van der Waals surface area contributed by atoms with Crippen LogP contribution in [0.25, 0.3) is 0 Å². The summed E-state index contributed by atoms with van der Waals surface area (Å²) in [4.78, 5) is 13.5. The summed E-state index contributed by atoms with van der Waals surface area (Å²) in [5.74, 6) is -0.285. The van der Waals surface area contributed by atoms with Gasteiger partial charge in [-0.3, -0.25) is 4.79 Å². The second-order valence-electron chi connectivity index (χ2n) is 4.70. The molecule has 3 N–H and O–H groups in total. The summed E-state index contributed by atoms with van der Waals surface area (Å²) in [5.41, 5.74) is 4.78. The maximum Gasteiger partial charge on any atom is 0.237 e. The number of nitrogens with one attached hydrogen (secondary N) is 1. The maximum absolute atomic E-state index is 11.3. The Morgan fingerprint density at radius 1 is 1.41 bits per heavy atom. The highest BCUT2D eigenvalue weighted by molar-refractivity contribution is 5.84. The summed E-state index contributed by atoms with van der Waals surface area (Å²) in [5, 5.41) is 2.99. The van der Waals surface area contributed by atoms with E-state index in [0.29, 0.717) is 0 Å². The summed E-state index contributed by atoms with van der Waals surface area (Å²) in [6.45, 7) is 4.56. The van der Waals surface area contributed by atoms with E-state index in [4.69, 9.17) is 10.5 Å². The maximum atomic E-state index is 11.3. The minimum atomic E-state index is -0.578. The Kier molecular flexibility index (Phi) is 8.12. The third-order valence-electron chi connectivity index (χ3n) is 3.24. The Labute approximate surface area is 105 Å². The molecule has 0 aliphatic rings. The number of amides is 1. The van der Waals surface area contributed by atoms with E-state index in [0.717, 1.165) is 39.0 Å². The minimum Gasteiger partial charge on any atom is -0.383 e. The number of carbonyl (C=O) groups excluding carboxylic acids is 1. The standard InChI is InChI=1S/C12H27N3O2/c1-12(14-2,11(13)16)7-5-6-8-15(3)9-10-17-4/h14H,5-10H2,1-4H3,(H2,13,16). The largest absolute Gasteiger partial charge is 0.383 e. The van der Waals surface area contributed by atoms with Crippen molar-refractivity contribution in [1.29, 1.82) is 0 Å². The topological polar surface area (TPSA) is 67.6 Å². The number of methoxy groups -OCH3 is 1. The highest BCUT2D eigenvalue weighted by atomic mass is 16.5. The van der Waals surface area contributed by atoms with Crippen molar-refractivity contribution in [1.82, 2.24) is 10.2 Å². The van der Waals surface area contributed by atoms with E-state index >= 15 is 0 Å². The molecule has 0 aromatic rings. The minimum absolute atomic E-state index is 0.285. The first-order valence-electron chi connectivity index (χ1n) is 6.12. The number of rotatable bonds is 10. The number of nitrogens with two attached hydrogens (primary N) is 1. The van der Waals surface area contributed by atoms with Crippen molar-refractivity contribution in [2.45, 2.75) is 31.7 Å². The number of carbonyl (C=O) groups is 1. The number of hydrogen-bond acceptors (Lipinski definition) is 4. The molecule has 5 heteroatoms. The fourth-order valence-electron chi connectivity index (χ4n) is 1.59. The Morgan fingerprint density at radius 3 is 2.53 bits per heavy atom. The van der Waals surface area contributed by atoms with Crippen LogP contribution in [0.5, 0.6) is 0 Å². The molecule has 0 saturated heterocycles. The Morgan fingerprint density at radius 2 is 2.06 bits per heavy atom. The molecule has 0 saturated carbocycles. The van der Waals surface area contributed by atoms with Gasteiger partial charge in [0.25, 0.3) is 0 Å². The molecule has 102 valence electrons. The predicted molar refractivity (Wildman–Crippen MR) is 69.9 cm³/mol. The van der Waals surface area contributed by atoms with Crippen LogP contribution in [0.1, 0.15) is 26.2 Å². The fourth-order valence-corrected chi connectivity index (χ4v) is 1.59. The van der Waals surface area contributed by atoms with Gasteiger partial charge >= 0.3 is 0 Å². The van der Waals surface area contributed by atoms with Crippen molar-refractivity contribution in [3.63, 3.8) is 0 Å². The van der Waals surface area contributed by atoms with Crippen LogP contribution in [0.3, 0.4) is 0 Å². The van der Waals surface area contributed by atoms with Gasteiger partial charge in [0.15, 0.2) is 0 Å². The summed E-state index contributed by atoms with van der Waals surface area (Å²) in [7, 11) is 5.55. The third-order valence-corrected chi connectivity index (χ3v) is 3.24. The second-order valence-corrected chi connectivity index (χ2v) is 4.70. The van der Waals surface area contributed by atoms with Crippen LogP contribution in [0, 0.1) is 0 Å². The summed E-state index contributed by atoms with van der Waals surface area (Å²) < 4.78 is 5.01. The molecule has 17 heavy (non-hydrogen) atoms. The summed E-state index contributed by atoms with van der Waals surface area (Å²) >= 11 is 0. The van der Waals surface area contributed by atoms with Gasteiger partial charge in [0.1, 0.15) is 0 Å². The molecule has 0 aliphatic heterocycles. The van der Waals surface area contributed by atoms with E-state index < -0.39 is 5.54 Å². The van der Waals surface area contributed by atoms with Gasteiger partial charge in [0.05, 0.1) is 12.1 Å². The van der Waals surface area contributed by atoms with Gasteiger partial charge in [0.2, 0.25) is 5.91 Å². The number of primary amides is 1. The second kappa shape index (κ2) is 8.44. The average molecular weight is 245 g/mol. The molecule has 0 radical (unpaired) electrons. The molecule has 0 aromatic carbocycles. The van der Waals surface area contributed by atoms with E-state index in [2.05, 4.69) is 17.3 Å². The number of unbranched alkanes of at least 4 members (excludes halogenated alkanes) is 1. The molecule has 1 amide bonds. The molecule has 1 unspecified atom stereocenters. The van der Waals surface area contributed by atoms with Crippen LogP contribution in [0.4, 0.5) is 0 Å². The lowest BCUT2D eigenvalue weighted by atomic mass is 9.94. The van der Waals surface area contributed by atoms with Gasteiger partial charge in [-0.1, -0.05) is 0 Å². The number of ether oxygens (including phenoxy) is 1. The van der Waals surface area contributed by atoms with Crippen molar-refractivity contribution in [3.8, 4) is 0 Å². The molecule has 0 aliphatic carbocycles. The molecule has 0 fully saturated rings. The van der Waals surface area contributed by atoms with Crippen LogP contribution in [-0.4, -0.2) is 57.2 Å². The molecule has 0 spiro atoms. The highest BCUT2D eigenvalue weighted by Crippen LogP contribution is 2.12. The lowest BCUT2D eigenvalue weighted by Crippen LogP contribution is -2.51. The molecule has 0 bridgehead atoms. The Balaban J connectivity index is 3.72. The van der Waals surface area contributed by atoms with Gasteiger partial charge in [-0.2, -0.15) is 0 Å². The van der Waals surface area contributed by atoms with Gasteiger partial charge in [-0.05, 0) is 46.8 Å². The van der Waals surface area contributed by atoms with Crippen molar-refractivity contribution in [3.05, 3.63) is 0 Å². The Bertz CT molecular complexity index is 224. The van der Waals surface area contributed by atoms with Crippen molar-refractivity contribution >= 4 is 5.91 Å². The van der Waals surface area contributed by atoms with Crippen molar-refractivity contribution in [2.75, 3.05) is 40.9 Å². The molecule has 0 aromatic heterocycles. The van der Waals surface area contributed by atoms with Gasteiger partial charge in [-0.25, -0.2) is 0 Å². The van der Waals surface area contributed by atoms with Crippen molar-refractivity contribution in [2.24, 2.45) is 5.73 Å². The lowest BCUT2D eigenvalue weighted by Gasteiger charge is -2.25. The summed E-state index contributed by atoms with van der Waals surface area (Å²) in [6, 6.07) is 0. The predicted octanol–water partition coefficient (Wildman–Crippen LogP) is 0.198. The van der Waals surface area contributed by atoms with Crippen LogP contribution in [0.2, 0.25) is 0 Å². The molecule has 1 atom stereocenters. The monoisotopic (exact) mass is 245 g/mol. The van der Waals surface area contributed by atoms with Crippen LogP contribution < -0.4 is 11.1 Å². The van der Waals surface area contributed by atoms with Crippen LogP contribution in [-0.2, 0) is 9.53 Å². The smallest absolute Gasteiger partial charge is 0.237 e. The van der Waals surface area contributed by atoms with Gasteiger partial charge < -0.3 is 20.7 Å². The van der Waals surface area contributed by atoms with E-state index in [-0.39, 0.29) is 5.91 Å². The third kappa shape index (κ3) is 6.61. The number of likely N-dealkylation sites (N-methyl/N-ethyl adjacent to an activating group) is 2. The van der Waals surface area contributed by atoms with E-state index in [1.807, 2.05) is 6.92 Å². The molecular formula is C12H27N3O2. The van der Waals surface area contributed by atoms with Gasteiger partial charge in [-0.15, -0.1) is 0 Å². The fraction of sp³-hybridized carbons (Fsp3) is 0.917. The molecule has 0 heterocycles. The average Bonchev–Trinajstić information content (AvgIpc) is 2.31. The molecule has 0 rings (SSSR count). The quantitative estimate of drug-likeness (QED) is 0.540. The SMILES string of the molecule is CNC(C)(CCCCN(C)CCOC)C(N)=O. The normalized spacial score (nSPS) is 14.9. The first-order chi connectivity index (χ1) is 7.96. The van der Waals surface area contributed by atoms with E-state index in [1.165, 1.54) is 0 Å². The zero-order chi connectivity index (χ0) is 13.3. The first kappa shape index (κ1) is 16.4. The lowest BCUT2D eigenvalue weighted by molar-refractivity contribution is -0.123. The number of hydrogen-bond donors (Lipinski definition) is 2. The summed E-state index contributed by atoms with van der Waals surface area (Å²) in [6.07, 6.45) is 2.82. The first-order valence-corrected chi connectivity index (χ1v) is 6.12. The van der Waals surface area contributed by atoms with E-state index in [9.17, 15) is 4.79 Å². The van der Waals surface area contributed by atoms with Crippen LogP contribution >= 0.6 is 0 Å². The van der Waals surface area contributed by atoms with Crippen LogP contribution in [0.15, 0.2) is 0 Å². The number of nitrogens with zero attached hydrogens (tertiary/aromatic N) is 1. The van der Waals surface area contributed by atoms with E-state index in [1.54, 1.807) is 14.2 Å².